The zero-order chi connectivity index (χ0) is 43.2. The molecule has 59 heavy (non-hydrogen) atoms. The highest BCUT2D eigenvalue weighted by Crippen LogP contribution is 2.26. The van der Waals surface area contributed by atoms with Gasteiger partial charge in [0.2, 0.25) is 0 Å². The molecule has 1 aliphatic heterocycles. The lowest BCUT2D eigenvalue weighted by molar-refractivity contribution is -0.301. The third-order valence-electron chi connectivity index (χ3n) is 10.2. The maximum Gasteiger partial charge on any atom is 0.397 e. The molecule has 0 spiro atoms. The number of rotatable bonds is 39. The quantitative estimate of drug-likeness (QED) is 0.0199. The smallest absolute Gasteiger partial charge is 0.397 e. The van der Waals surface area contributed by atoms with Crippen molar-refractivity contribution in [2.75, 3.05) is 26.4 Å². The van der Waals surface area contributed by atoms with Crippen LogP contribution in [0.4, 0.5) is 0 Å². The van der Waals surface area contributed by atoms with E-state index in [-0.39, 0.29) is 19.6 Å². The first-order chi connectivity index (χ1) is 28.6. The van der Waals surface area contributed by atoms with E-state index in [1.807, 2.05) is 0 Å². The Hall–Kier alpha value is -1.94. The normalized spacial score (nSPS) is 20.8. The van der Waals surface area contributed by atoms with Gasteiger partial charge in [-0.25, -0.2) is 4.18 Å². The van der Waals surface area contributed by atoms with Gasteiger partial charge in [0.1, 0.15) is 30.5 Å². The molecule has 0 saturated carbocycles. The molecule has 1 aliphatic rings. The predicted octanol–water partition coefficient (Wildman–Crippen LogP) is 9.58. The fraction of sp³-hybridized carbons (Fsp3) is 0.804. The monoisotopic (exact) mass is 859 g/mol. The van der Waals surface area contributed by atoms with Gasteiger partial charge < -0.3 is 34.3 Å². The van der Waals surface area contributed by atoms with E-state index in [9.17, 15) is 28.5 Å². The van der Waals surface area contributed by atoms with Gasteiger partial charge in [-0.15, -0.1) is 0 Å². The minimum absolute atomic E-state index is 0.0245. The van der Waals surface area contributed by atoms with E-state index >= 15 is 0 Å². The topological polar surface area (TPSA) is 178 Å². The van der Waals surface area contributed by atoms with Crippen molar-refractivity contribution in [3.63, 3.8) is 0 Å². The molecular formula is C46H82O12S. The van der Waals surface area contributed by atoms with Gasteiger partial charge >= 0.3 is 16.4 Å². The Kier molecular flexibility index (Phi) is 35.3. The molecule has 0 bridgehead atoms. The third-order valence-corrected chi connectivity index (χ3v) is 10.6. The molecule has 6 atom stereocenters. The van der Waals surface area contributed by atoms with E-state index < -0.39 is 59.8 Å². The zero-order valence-corrected chi connectivity index (χ0v) is 37.4. The number of unbranched alkanes of at least 4 members (excludes halogenated alkanes) is 18. The second kappa shape index (κ2) is 37.8. The first-order valence-electron chi connectivity index (χ1n) is 22.9. The minimum Gasteiger partial charge on any atom is -0.457 e. The number of hydrogen-bond acceptors (Lipinski definition) is 11. The summed E-state index contributed by atoms with van der Waals surface area (Å²) >= 11 is 0. The molecule has 0 radical (unpaired) electrons. The van der Waals surface area contributed by atoms with E-state index in [0.717, 1.165) is 83.5 Å². The molecule has 0 amide bonds. The fourth-order valence-corrected chi connectivity index (χ4v) is 7.19. The summed E-state index contributed by atoms with van der Waals surface area (Å²) in [5, 5.41) is 30.6. The number of esters is 1. The van der Waals surface area contributed by atoms with Crippen LogP contribution in [0, 0.1) is 0 Å². The lowest BCUT2D eigenvalue weighted by atomic mass is 9.99. The highest BCUT2D eigenvalue weighted by Gasteiger charge is 2.48. The molecule has 1 heterocycles. The Morgan fingerprint density at radius 2 is 1.15 bits per heavy atom. The standard InChI is InChI=1S/C46H82O12S/c1-3-5-7-9-11-13-15-16-17-18-19-20-21-22-23-24-25-26-28-30-32-34-36-54-38-40(56-42(48)35-33-31-29-27-14-12-10-8-6-4-2)39-55-46-44(50)45(58-59(51,52)53)43(49)41(37-47)57-46/h8,10,15-16,18-19,21-22,40-41,43-47,49-50H,3-7,9,11-14,17,20,23-39H2,1-2H3,(H,51,52,53)/b10-8-,16-15-,19-18-,22-21-. The van der Waals surface area contributed by atoms with Gasteiger partial charge in [0.15, 0.2) is 6.29 Å². The van der Waals surface area contributed by atoms with Crippen molar-refractivity contribution in [2.45, 2.75) is 211 Å². The van der Waals surface area contributed by atoms with Gasteiger partial charge in [-0.3, -0.25) is 9.35 Å². The number of aliphatic hydroxyl groups excluding tert-OH is 3. The molecule has 0 aliphatic carbocycles. The van der Waals surface area contributed by atoms with Crippen LogP contribution in [0.25, 0.3) is 0 Å². The van der Waals surface area contributed by atoms with Crippen LogP contribution < -0.4 is 0 Å². The van der Waals surface area contributed by atoms with Gasteiger partial charge in [-0.1, -0.05) is 146 Å². The summed E-state index contributed by atoms with van der Waals surface area (Å²) in [5.74, 6) is -0.416. The molecule has 0 aromatic rings. The molecule has 12 nitrogen and oxygen atoms in total. The average Bonchev–Trinajstić information content (AvgIpc) is 3.20. The van der Waals surface area contributed by atoms with Crippen LogP contribution in [0.3, 0.4) is 0 Å². The lowest BCUT2D eigenvalue weighted by Crippen LogP contribution is -2.60. The Morgan fingerprint density at radius 3 is 1.71 bits per heavy atom. The van der Waals surface area contributed by atoms with Crippen LogP contribution in [-0.4, -0.2) is 97.5 Å². The SMILES string of the molecule is CCC/C=C\CCCCCCCC(=O)OC(COCCCCCCCCC/C=C\C/C=C\C/C=C\CCCCCCC)COC1OC(CO)C(O)C(OS(=O)(=O)O)C1O. The van der Waals surface area contributed by atoms with Gasteiger partial charge in [-0.2, -0.15) is 8.42 Å². The summed E-state index contributed by atoms with van der Waals surface area (Å²) in [6.07, 6.45) is 35.9. The lowest BCUT2D eigenvalue weighted by Gasteiger charge is -2.41. The molecule has 0 aromatic carbocycles. The summed E-state index contributed by atoms with van der Waals surface area (Å²) < 4.78 is 58.9. The van der Waals surface area contributed by atoms with E-state index in [1.165, 1.54) is 64.2 Å². The van der Waals surface area contributed by atoms with Crippen molar-refractivity contribution in [3.05, 3.63) is 48.6 Å². The van der Waals surface area contributed by atoms with Gasteiger partial charge in [-0.05, 0) is 70.6 Å². The van der Waals surface area contributed by atoms with Crippen molar-refractivity contribution in [1.29, 1.82) is 0 Å². The van der Waals surface area contributed by atoms with Gasteiger partial charge in [0.25, 0.3) is 0 Å². The maximum absolute atomic E-state index is 12.8. The fourth-order valence-electron chi connectivity index (χ4n) is 6.68. The molecule has 1 rings (SSSR count). The molecule has 6 unspecified atom stereocenters. The van der Waals surface area contributed by atoms with Crippen molar-refractivity contribution in [1.82, 2.24) is 0 Å². The second-order valence-corrected chi connectivity index (χ2v) is 16.7. The van der Waals surface area contributed by atoms with Crippen molar-refractivity contribution >= 4 is 16.4 Å². The van der Waals surface area contributed by atoms with Crippen LogP contribution in [0.2, 0.25) is 0 Å². The van der Waals surface area contributed by atoms with Crippen molar-refractivity contribution < 1.29 is 56.2 Å². The summed E-state index contributed by atoms with van der Waals surface area (Å²) in [5.41, 5.74) is 0. The first kappa shape index (κ1) is 55.1. The molecular weight excluding hydrogens is 777 g/mol. The minimum atomic E-state index is -5.06. The number of carbonyl (C=O) groups excluding carboxylic acids is 1. The first-order valence-corrected chi connectivity index (χ1v) is 24.3. The molecule has 4 N–H and O–H groups in total. The maximum atomic E-state index is 12.8. The molecule has 13 heteroatoms. The summed E-state index contributed by atoms with van der Waals surface area (Å²) in [7, 11) is -5.06. The number of aliphatic hydroxyl groups is 3. The van der Waals surface area contributed by atoms with Crippen LogP contribution in [0.1, 0.15) is 174 Å². The molecule has 1 saturated heterocycles. The van der Waals surface area contributed by atoms with E-state index in [2.05, 4.69) is 66.6 Å². The molecule has 1 fully saturated rings. The van der Waals surface area contributed by atoms with E-state index in [0.29, 0.717) is 13.0 Å². The summed E-state index contributed by atoms with van der Waals surface area (Å²) in [6, 6.07) is 0. The third kappa shape index (κ3) is 31.6. The van der Waals surface area contributed by atoms with Crippen molar-refractivity contribution in [2.24, 2.45) is 0 Å². The summed E-state index contributed by atoms with van der Waals surface area (Å²) in [6.45, 7) is 3.87. The van der Waals surface area contributed by atoms with Crippen LogP contribution in [0.5, 0.6) is 0 Å². The van der Waals surface area contributed by atoms with E-state index in [1.54, 1.807) is 0 Å². The predicted molar refractivity (Wildman–Crippen MR) is 234 cm³/mol. The number of hydrogen-bond donors (Lipinski definition) is 4. The largest absolute Gasteiger partial charge is 0.457 e. The highest BCUT2D eigenvalue weighted by atomic mass is 32.3. The van der Waals surface area contributed by atoms with Gasteiger partial charge in [0, 0.05) is 13.0 Å². The molecule has 0 aromatic heterocycles. The number of carbonyl (C=O) groups is 1. The van der Waals surface area contributed by atoms with Crippen LogP contribution in [0.15, 0.2) is 48.6 Å². The Bertz CT molecular complexity index is 1220. The second-order valence-electron chi connectivity index (χ2n) is 15.6. The van der Waals surface area contributed by atoms with Crippen LogP contribution >= 0.6 is 0 Å². The molecule has 344 valence electrons. The Balaban J connectivity index is 2.38. The Morgan fingerprint density at radius 1 is 0.644 bits per heavy atom. The summed E-state index contributed by atoms with van der Waals surface area (Å²) in [4.78, 5) is 12.8. The number of allylic oxidation sites excluding steroid dienone is 8. The van der Waals surface area contributed by atoms with Crippen molar-refractivity contribution in [3.8, 4) is 0 Å². The van der Waals surface area contributed by atoms with E-state index in [4.69, 9.17) is 23.5 Å². The Labute approximate surface area is 357 Å². The average molecular weight is 859 g/mol. The zero-order valence-electron chi connectivity index (χ0n) is 36.6. The highest BCUT2D eigenvalue weighted by molar-refractivity contribution is 7.80. The van der Waals surface area contributed by atoms with Crippen LogP contribution in [-0.2, 0) is 38.3 Å². The number of ether oxygens (including phenoxy) is 4. The van der Waals surface area contributed by atoms with Gasteiger partial charge in [0.05, 0.1) is 19.8 Å².